The van der Waals surface area contributed by atoms with E-state index >= 15 is 0 Å². The summed E-state index contributed by atoms with van der Waals surface area (Å²) in [6.45, 7) is 7.63. The highest BCUT2D eigenvalue weighted by Crippen LogP contribution is 2.33. The molecule has 1 aliphatic heterocycles. The van der Waals surface area contributed by atoms with Gasteiger partial charge in [-0.3, -0.25) is 0 Å². The van der Waals surface area contributed by atoms with Crippen LogP contribution in [0.1, 0.15) is 6.92 Å². The average molecular weight is 296 g/mol. The van der Waals surface area contributed by atoms with E-state index < -0.39 is 0 Å². The summed E-state index contributed by atoms with van der Waals surface area (Å²) in [7, 11) is 0. The van der Waals surface area contributed by atoms with E-state index in [0.29, 0.717) is 5.13 Å². The lowest BCUT2D eigenvalue weighted by atomic mass is 10.3. The van der Waals surface area contributed by atoms with Gasteiger partial charge in [0.05, 0.1) is 11.1 Å². The molecule has 0 radical (unpaired) electrons. The summed E-state index contributed by atoms with van der Waals surface area (Å²) in [6, 6.07) is 0. The number of nitrogen functional groups attached to an aromatic ring is 1. The first-order valence-corrected chi connectivity index (χ1v) is 7.92. The maximum atomic E-state index is 5.61. The van der Waals surface area contributed by atoms with Gasteiger partial charge in [-0.15, -0.1) is 10.2 Å². The van der Waals surface area contributed by atoms with Gasteiger partial charge in [0.2, 0.25) is 5.13 Å². The minimum absolute atomic E-state index is 0.501. The van der Waals surface area contributed by atoms with Gasteiger partial charge in [-0.25, -0.2) is 4.98 Å². The molecule has 0 saturated carbocycles. The highest BCUT2D eigenvalue weighted by Gasteiger charge is 2.19. The molecule has 0 spiro atoms. The largest absolute Gasteiger partial charge is 0.374 e. The summed E-state index contributed by atoms with van der Waals surface area (Å²) in [5, 5.41) is 10.3. The molecular formula is C11H16N6S2. The van der Waals surface area contributed by atoms with Crippen molar-refractivity contribution >= 4 is 32.9 Å². The van der Waals surface area contributed by atoms with E-state index in [2.05, 4.69) is 31.9 Å². The van der Waals surface area contributed by atoms with Gasteiger partial charge >= 0.3 is 0 Å². The van der Waals surface area contributed by atoms with Crippen LogP contribution in [0.3, 0.4) is 0 Å². The van der Waals surface area contributed by atoms with E-state index in [1.165, 1.54) is 11.3 Å². The number of rotatable bonds is 3. The van der Waals surface area contributed by atoms with Crippen LogP contribution in [0, 0.1) is 0 Å². The number of hydrogen-bond donors (Lipinski definition) is 1. The van der Waals surface area contributed by atoms with Gasteiger partial charge in [-0.2, -0.15) is 0 Å². The fourth-order valence-electron chi connectivity index (χ4n) is 2.10. The molecule has 2 N–H and O–H groups in total. The van der Waals surface area contributed by atoms with E-state index in [4.69, 9.17) is 5.73 Å². The molecule has 3 rings (SSSR count). The average Bonchev–Trinajstić information content (AvgIpc) is 3.07. The van der Waals surface area contributed by atoms with E-state index in [9.17, 15) is 0 Å². The number of aromatic nitrogens is 3. The first kappa shape index (κ1) is 12.8. The molecule has 6 nitrogen and oxygen atoms in total. The van der Waals surface area contributed by atoms with Crippen molar-refractivity contribution in [3.8, 4) is 9.88 Å². The van der Waals surface area contributed by atoms with Gasteiger partial charge in [0.25, 0.3) is 0 Å². The van der Waals surface area contributed by atoms with Crippen molar-refractivity contribution < 1.29 is 0 Å². The summed E-state index contributed by atoms with van der Waals surface area (Å²) >= 11 is 3.07. The highest BCUT2D eigenvalue weighted by atomic mass is 32.1. The molecule has 102 valence electrons. The third kappa shape index (κ3) is 2.70. The Labute approximate surface area is 119 Å². The molecule has 0 amide bonds. The molecule has 1 fully saturated rings. The Kier molecular flexibility index (Phi) is 3.63. The fourth-order valence-corrected chi connectivity index (χ4v) is 3.71. The Balaban J connectivity index is 1.72. The van der Waals surface area contributed by atoms with Crippen molar-refractivity contribution in [1.29, 1.82) is 0 Å². The van der Waals surface area contributed by atoms with Crippen LogP contribution in [-0.4, -0.2) is 52.8 Å². The highest BCUT2D eigenvalue weighted by molar-refractivity contribution is 7.24. The molecule has 0 bridgehead atoms. The van der Waals surface area contributed by atoms with Gasteiger partial charge in [-0.1, -0.05) is 29.6 Å². The monoisotopic (exact) mass is 296 g/mol. The lowest BCUT2D eigenvalue weighted by Crippen LogP contribution is -2.46. The smallest absolute Gasteiger partial charge is 0.203 e. The molecule has 1 aliphatic rings. The molecule has 2 aromatic heterocycles. The Morgan fingerprint density at radius 3 is 2.63 bits per heavy atom. The Morgan fingerprint density at radius 1 is 1.21 bits per heavy atom. The number of nitrogens with two attached hydrogens (primary N) is 1. The molecule has 0 atom stereocenters. The molecule has 1 saturated heterocycles. The van der Waals surface area contributed by atoms with E-state index in [-0.39, 0.29) is 0 Å². The molecule has 0 unspecified atom stereocenters. The van der Waals surface area contributed by atoms with E-state index in [1.54, 1.807) is 11.3 Å². The van der Waals surface area contributed by atoms with Crippen molar-refractivity contribution in [2.45, 2.75) is 6.92 Å². The first-order chi connectivity index (χ1) is 9.26. The zero-order valence-corrected chi connectivity index (χ0v) is 12.4. The van der Waals surface area contributed by atoms with Gasteiger partial charge in [0.1, 0.15) is 0 Å². The normalized spacial score (nSPS) is 17.0. The second kappa shape index (κ2) is 5.40. The van der Waals surface area contributed by atoms with Crippen LogP contribution in [-0.2, 0) is 0 Å². The van der Waals surface area contributed by atoms with Crippen LogP contribution < -0.4 is 10.6 Å². The van der Waals surface area contributed by atoms with Gasteiger partial charge < -0.3 is 15.5 Å². The number of nitrogens with zero attached hydrogens (tertiary/aromatic N) is 5. The van der Waals surface area contributed by atoms with E-state index in [1.807, 2.05) is 6.20 Å². The summed E-state index contributed by atoms with van der Waals surface area (Å²) in [5.74, 6) is 0. The molecule has 0 aromatic carbocycles. The minimum Gasteiger partial charge on any atom is -0.374 e. The Hall–Kier alpha value is -1.25. The first-order valence-electron chi connectivity index (χ1n) is 6.28. The summed E-state index contributed by atoms with van der Waals surface area (Å²) in [6.07, 6.45) is 1.87. The van der Waals surface area contributed by atoms with Crippen LogP contribution >= 0.6 is 22.7 Å². The minimum atomic E-state index is 0.501. The molecular weight excluding hydrogens is 280 g/mol. The predicted octanol–water partition coefficient (Wildman–Crippen LogP) is 1.39. The van der Waals surface area contributed by atoms with Crippen LogP contribution in [0.15, 0.2) is 6.20 Å². The van der Waals surface area contributed by atoms with Gasteiger partial charge in [0, 0.05) is 26.2 Å². The van der Waals surface area contributed by atoms with Crippen LogP contribution in [0.5, 0.6) is 0 Å². The molecule has 19 heavy (non-hydrogen) atoms. The molecule has 2 aromatic rings. The number of thiazole rings is 1. The SMILES string of the molecule is CCN1CCN(c2ncc(-c3nnc(N)s3)s2)CC1. The standard InChI is InChI=1S/C11H16N6S2/c1-2-16-3-5-17(6-4-16)11-13-7-8(18-11)9-14-15-10(12)19-9/h7H,2-6H2,1H3,(H2,12,15). The number of likely N-dealkylation sites (N-methyl/N-ethyl adjacent to an activating group) is 1. The van der Waals surface area contributed by atoms with Gasteiger partial charge in [0.15, 0.2) is 10.1 Å². The summed E-state index contributed by atoms with van der Waals surface area (Å²) in [4.78, 5) is 10.3. The zero-order valence-electron chi connectivity index (χ0n) is 10.7. The summed E-state index contributed by atoms with van der Waals surface area (Å²) < 4.78 is 0. The molecule has 0 aliphatic carbocycles. The number of hydrogen-bond acceptors (Lipinski definition) is 8. The Bertz CT molecular complexity index is 543. The van der Waals surface area contributed by atoms with Crippen molar-refractivity contribution in [2.75, 3.05) is 43.4 Å². The van der Waals surface area contributed by atoms with E-state index in [0.717, 1.165) is 47.7 Å². The van der Waals surface area contributed by atoms with Crippen molar-refractivity contribution in [1.82, 2.24) is 20.1 Å². The number of piperazine rings is 1. The fraction of sp³-hybridized carbons (Fsp3) is 0.545. The van der Waals surface area contributed by atoms with Gasteiger partial charge in [-0.05, 0) is 6.54 Å². The van der Waals surface area contributed by atoms with Crippen LogP contribution in [0.4, 0.5) is 10.3 Å². The zero-order chi connectivity index (χ0) is 13.2. The third-order valence-corrected chi connectivity index (χ3v) is 5.21. The van der Waals surface area contributed by atoms with Crippen LogP contribution in [0.25, 0.3) is 9.88 Å². The lowest BCUT2D eigenvalue weighted by Gasteiger charge is -2.33. The van der Waals surface area contributed by atoms with Crippen LogP contribution in [0.2, 0.25) is 0 Å². The van der Waals surface area contributed by atoms with Crippen molar-refractivity contribution in [3.05, 3.63) is 6.20 Å². The van der Waals surface area contributed by atoms with Crippen molar-refractivity contribution in [2.24, 2.45) is 0 Å². The molecule has 8 heteroatoms. The lowest BCUT2D eigenvalue weighted by molar-refractivity contribution is 0.271. The van der Waals surface area contributed by atoms with Crippen molar-refractivity contribution in [3.63, 3.8) is 0 Å². The maximum absolute atomic E-state index is 5.61. The third-order valence-electron chi connectivity index (χ3n) is 3.23. The molecule has 3 heterocycles. The topological polar surface area (TPSA) is 71.2 Å². The second-order valence-corrected chi connectivity index (χ2v) is 6.39. The maximum Gasteiger partial charge on any atom is 0.203 e. The number of anilines is 2. The predicted molar refractivity (Wildman–Crippen MR) is 79.8 cm³/mol. The Morgan fingerprint density at radius 2 is 2.00 bits per heavy atom. The second-order valence-electron chi connectivity index (χ2n) is 4.37. The quantitative estimate of drug-likeness (QED) is 0.923. The summed E-state index contributed by atoms with van der Waals surface area (Å²) in [5.41, 5.74) is 5.61.